The third kappa shape index (κ3) is 2.50. The first kappa shape index (κ1) is 12.5. The predicted octanol–water partition coefficient (Wildman–Crippen LogP) is 0.0607. The molecular formula is C9H13BO6. The molecule has 6 nitrogen and oxygen atoms in total. The average Bonchev–Trinajstić information content (AvgIpc) is 2.27. The van der Waals surface area contributed by atoms with Crippen LogP contribution in [0, 0.1) is 0 Å². The van der Waals surface area contributed by atoms with Gasteiger partial charge in [0, 0.05) is 0 Å². The van der Waals surface area contributed by atoms with Gasteiger partial charge in [0.15, 0.2) is 5.75 Å². The Kier molecular flexibility index (Phi) is 4.27. The van der Waals surface area contributed by atoms with Crippen molar-refractivity contribution in [2.45, 2.75) is 0 Å². The van der Waals surface area contributed by atoms with Gasteiger partial charge in [-0.25, -0.2) is 0 Å². The molecule has 7 heteroatoms. The lowest BCUT2D eigenvalue weighted by atomic mass is 10.2. The van der Waals surface area contributed by atoms with Crippen LogP contribution in [-0.4, -0.2) is 38.7 Å². The van der Waals surface area contributed by atoms with Gasteiger partial charge in [-0.2, -0.15) is 0 Å². The molecule has 0 radical (unpaired) electrons. The summed E-state index contributed by atoms with van der Waals surface area (Å²) in [4.78, 5) is 0. The average molecular weight is 228 g/mol. The maximum absolute atomic E-state index is 8.72. The quantitative estimate of drug-likeness (QED) is 0.694. The minimum absolute atomic E-state index is 0.148. The second-order valence-corrected chi connectivity index (χ2v) is 2.78. The van der Waals surface area contributed by atoms with E-state index in [0.29, 0.717) is 11.5 Å². The zero-order chi connectivity index (χ0) is 12.1. The molecule has 1 aromatic carbocycles. The van der Waals surface area contributed by atoms with Crippen molar-refractivity contribution in [1.82, 2.24) is 0 Å². The molecule has 0 heterocycles. The largest absolute Gasteiger partial charge is 0.707 e. The smallest absolute Gasteiger partial charge is 0.509 e. The molecule has 1 aromatic rings. The van der Waals surface area contributed by atoms with Gasteiger partial charge < -0.3 is 28.9 Å². The summed E-state index contributed by atoms with van der Waals surface area (Å²) in [6.07, 6.45) is 0. The van der Waals surface area contributed by atoms with Crippen LogP contribution in [0.15, 0.2) is 12.1 Å². The molecule has 0 bridgehead atoms. The summed E-state index contributed by atoms with van der Waals surface area (Å²) < 4.78 is 19.9. The molecule has 0 fully saturated rings. The van der Waals surface area contributed by atoms with Gasteiger partial charge >= 0.3 is 7.32 Å². The monoisotopic (exact) mass is 228 g/mol. The van der Waals surface area contributed by atoms with Crippen LogP contribution < -0.4 is 18.9 Å². The molecule has 0 atom stereocenters. The van der Waals surface area contributed by atoms with Crippen LogP contribution in [0.4, 0.5) is 0 Å². The van der Waals surface area contributed by atoms with Crippen molar-refractivity contribution >= 4 is 7.32 Å². The fourth-order valence-corrected chi connectivity index (χ4v) is 1.28. The molecule has 88 valence electrons. The van der Waals surface area contributed by atoms with E-state index in [0.717, 1.165) is 0 Å². The summed E-state index contributed by atoms with van der Waals surface area (Å²) >= 11 is 0. The Hall–Kier alpha value is -1.60. The van der Waals surface area contributed by atoms with E-state index >= 15 is 0 Å². The van der Waals surface area contributed by atoms with E-state index in [1.807, 2.05) is 0 Å². The molecule has 0 aliphatic heterocycles. The van der Waals surface area contributed by atoms with Gasteiger partial charge in [0.1, 0.15) is 5.75 Å². The summed E-state index contributed by atoms with van der Waals surface area (Å²) in [6, 6.07) is 3.05. The number of methoxy groups -OCH3 is 3. The topological polar surface area (TPSA) is 77.4 Å². The summed E-state index contributed by atoms with van der Waals surface area (Å²) in [5, 5.41) is 17.4. The second kappa shape index (κ2) is 5.48. The molecule has 0 amide bonds. The zero-order valence-electron chi connectivity index (χ0n) is 9.26. The third-order valence-electron chi connectivity index (χ3n) is 1.90. The highest BCUT2D eigenvalue weighted by Gasteiger charge is 2.20. The van der Waals surface area contributed by atoms with Gasteiger partial charge in [0.05, 0.1) is 21.3 Å². The summed E-state index contributed by atoms with van der Waals surface area (Å²) in [5.41, 5.74) is 0. The molecule has 1 rings (SSSR count). The van der Waals surface area contributed by atoms with Gasteiger partial charge in [-0.15, -0.1) is 0 Å². The maximum Gasteiger partial charge on any atom is 0.707 e. The van der Waals surface area contributed by atoms with Crippen LogP contribution in [0.2, 0.25) is 0 Å². The SMILES string of the molecule is COc1ccc(OB(O)O)c(OC)c1OC. The zero-order valence-corrected chi connectivity index (χ0v) is 9.26. The number of ether oxygens (including phenoxy) is 3. The van der Waals surface area contributed by atoms with Crippen molar-refractivity contribution in [3.05, 3.63) is 12.1 Å². The van der Waals surface area contributed by atoms with Gasteiger partial charge in [-0.05, 0) is 12.1 Å². The van der Waals surface area contributed by atoms with E-state index in [1.165, 1.54) is 27.4 Å². The van der Waals surface area contributed by atoms with E-state index < -0.39 is 7.32 Å². The number of rotatable bonds is 5. The third-order valence-corrected chi connectivity index (χ3v) is 1.90. The first-order chi connectivity index (χ1) is 7.63. The lowest BCUT2D eigenvalue weighted by Crippen LogP contribution is -2.21. The van der Waals surface area contributed by atoms with Crippen LogP contribution in [0.25, 0.3) is 0 Å². The summed E-state index contributed by atoms with van der Waals surface area (Å²) in [6.45, 7) is 0. The predicted molar refractivity (Wildman–Crippen MR) is 56.9 cm³/mol. The molecule has 0 saturated carbocycles. The molecule has 0 aliphatic rings. The Morgan fingerprint density at radius 1 is 0.875 bits per heavy atom. The fourth-order valence-electron chi connectivity index (χ4n) is 1.28. The van der Waals surface area contributed by atoms with E-state index in [9.17, 15) is 0 Å². The van der Waals surface area contributed by atoms with Crippen molar-refractivity contribution in [3.8, 4) is 23.0 Å². The van der Waals surface area contributed by atoms with E-state index in [-0.39, 0.29) is 11.5 Å². The van der Waals surface area contributed by atoms with Crippen LogP contribution >= 0.6 is 0 Å². The van der Waals surface area contributed by atoms with Crippen LogP contribution in [0.3, 0.4) is 0 Å². The highest BCUT2D eigenvalue weighted by molar-refractivity contribution is 6.33. The maximum atomic E-state index is 8.72. The van der Waals surface area contributed by atoms with Gasteiger partial charge in [0.2, 0.25) is 11.5 Å². The van der Waals surface area contributed by atoms with Gasteiger partial charge in [-0.3, -0.25) is 0 Å². The van der Waals surface area contributed by atoms with Crippen molar-refractivity contribution in [3.63, 3.8) is 0 Å². The molecular weight excluding hydrogens is 215 g/mol. The summed E-state index contributed by atoms with van der Waals surface area (Å²) in [7, 11) is 2.42. The van der Waals surface area contributed by atoms with E-state index in [4.69, 9.17) is 28.9 Å². The standard InChI is InChI=1S/C9H13BO6/c1-13-6-4-5-7(16-10(11)12)9(15-3)8(6)14-2/h4-5,11-12H,1-3H3. The minimum Gasteiger partial charge on any atom is -0.509 e. The first-order valence-electron chi connectivity index (χ1n) is 4.45. The highest BCUT2D eigenvalue weighted by Crippen LogP contribution is 2.43. The van der Waals surface area contributed by atoms with E-state index in [2.05, 4.69) is 0 Å². The fraction of sp³-hybridized carbons (Fsp3) is 0.333. The number of benzene rings is 1. The van der Waals surface area contributed by atoms with Crippen molar-refractivity contribution in [2.75, 3.05) is 21.3 Å². The summed E-state index contributed by atoms with van der Waals surface area (Å²) in [5.74, 6) is 1.16. The highest BCUT2D eigenvalue weighted by atomic mass is 16.6. The van der Waals surface area contributed by atoms with Gasteiger partial charge in [0.25, 0.3) is 0 Å². The molecule has 0 unspecified atom stereocenters. The molecule has 0 aromatic heterocycles. The molecule has 0 saturated heterocycles. The molecule has 0 aliphatic carbocycles. The minimum atomic E-state index is -1.92. The normalized spacial score (nSPS) is 9.56. The molecule has 16 heavy (non-hydrogen) atoms. The van der Waals surface area contributed by atoms with Crippen LogP contribution in [0.5, 0.6) is 23.0 Å². The van der Waals surface area contributed by atoms with Crippen LogP contribution in [0.1, 0.15) is 0 Å². The Labute approximate surface area is 93.5 Å². The Morgan fingerprint density at radius 2 is 1.38 bits per heavy atom. The van der Waals surface area contributed by atoms with Crippen molar-refractivity contribution in [1.29, 1.82) is 0 Å². The number of hydrogen-bond donors (Lipinski definition) is 2. The molecule has 2 N–H and O–H groups in total. The lowest BCUT2D eigenvalue weighted by molar-refractivity contribution is 0.272. The Bertz CT molecular complexity index is 354. The first-order valence-corrected chi connectivity index (χ1v) is 4.45. The Balaban J connectivity index is 3.20. The Morgan fingerprint density at radius 3 is 1.81 bits per heavy atom. The van der Waals surface area contributed by atoms with Crippen LogP contribution in [-0.2, 0) is 0 Å². The van der Waals surface area contributed by atoms with Crippen molar-refractivity contribution in [2.24, 2.45) is 0 Å². The van der Waals surface area contributed by atoms with Crippen molar-refractivity contribution < 1.29 is 28.9 Å². The second-order valence-electron chi connectivity index (χ2n) is 2.78. The lowest BCUT2D eigenvalue weighted by Gasteiger charge is -2.15. The number of hydrogen-bond acceptors (Lipinski definition) is 6. The van der Waals surface area contributed by atoms with Gasteiger partial charge in [-0.1, -0.05) is 0 Å². The molecule has 0 spiro atoms. The van der Waals surface area contributed by atoms with E-state index in [1.54, 1.807) is 6.07 Å².